The van der Waals surface area contributed by atoms with Gasteiger partial charge in [0.15, 0.2) is 11.5 Å². The summed E-state index contributed by atoms with van der Waals surface area (Å²) in [5.41, 5.74) is 2.87. The zero-order chi connectivity index (χ0) is 26.6. The van der Waals surface area contributed by atoms with Gasteiger partial charge in [-0.3, -0.25) is 4.79 Å². The van der Waals surface area contributed by atoms with Crippen LogP contribution in [0.2, 0.25) is 0 Å². The fourth-order valence-electron chi connectivity index (χ4n) is 4.88. The molecular formula is C28H28FN5O4. The van der Waals surface area contributed by atoms with Crippen LogP contribution in [-0.4, -0.2) is 53.7 Å². The SMILES string of the molecule is COc1ccc(OC2CCN(c3nnc(C(=O)NC4=CCc5cc(F)ccc5[C@@H]4C=O)cc3C)CC2)cn1. The van der Waals surface area contributed by atoms with Crippen molar-refractivity contribution in [2.75, 3.05) is 25.1 Å². The summed E-state index contributed by atoms with van der Waals surface area (Å²) in [7, 11) is 1.57. The summed E-state index contributed by atoms with van der Waals surface area (Å²) in [5.74, 6) is 0.497. The number of nitrogens with one attached hydrogen (secondary N) is 1. The molecule has 1 aromatic carbocycles. The molecule has 38 heavy (non-hydrogen) atoms. The van der Waals surface area contributed by atoms with Crippen LogP contribution < -0.4 is 19.7 Å². The first-order chi connectivity index (χ1) is 18.4. The molecule has 9 nitrogen and oxygen atoms in total. The van der Waals surface area contributed by atoms with Gasteiger partial charge in [0.1, 0.15) is 24.0 Å². The van der Waals surface area contributed by atoms with Gasteiger partial charge in [-0.2, -0.15) is 0 Å². The van der Waals surface area contributed by atoms with Crippen molar-refractivity contribution >= 4 is 18.0 Å². The zero-order valence-corrected chi connectivity index (χ0v) is 21.2. The second-order valence-electron chi connectivity index (χ2n) is 9.35. The second kappa shape index (κ2) is 11.0. The molecule has 196 valence electrons. The number of carbonyl (C=O) groups excluding carboxylic acids is 2. The van der Waals surface area contributed by atoms with E-state index < -0.39 is 11.8 Å². The number of anilines is 1. The lowest BCUT2D eigenvalue weighted by molar-refractivity contribution is -0.108. The molecule has 2 aliphatic rings. The molecule has 1 amide bonds. The number of piperidine rings is 1. The average Bonchev–Trinajstić information content (AvgIpc) is 2.94. The third-order valence-electron chi connectivity index (χ3n) is 6.86. The van der Waals surface area contributed by atoms with E-state index in [1.807, 2.05) is 13.0 Å². The Morgan fingerprint density at radius 1 is 1.16 bits per heavy atom. The second-order valence-corrected chi connectivity index (χ2v) is 9.35. The predicted octanol–water partition coefficient (Wildman–Crippen LogP) is 3.53. The molecule has 10 heteroatoms. The number of ether oxygens (including phenoxy) is 2. The minimum Gasteiger partial charge on any atom is -0.489 e. The minimum atomic E-state index is -0.672. The summed E-state index contributed by atoms with van der Waals surface area (Å²) in [6, 6.07) is 9.64. The van der Waals surface area contributed by atoms with E-state index >= 15 is 0 Å². The number of benzene rings is 1. The molecule has 1 atom stereocenters. The van der Waals surface area contributed by atoms with Gasteiger partial charge in [0.25, 0.3) is 5.91 Å². The minimum absolute atomic E-state index is 0.0657. The van der Waals surface area contributed by atoms with Crippen molar-refractivity contribution in [2.45, 2.75) is 38.2 Å². The van der Waals surface area contributed by atoms with Crippen molar-refractivity contribution in [1.29, 1.82) is 0 Å². The quantitative estimate of drug-likeness (QED) is 0.475. The van der Waals surface area contributed by atoms with E-state index in [1.54, 1.807) is 37.6 Å². The highest BCUT2D eigenvalue weighted by molar-refractivity contribution is 5.94. The lowest BCUT2D eigenvalue weighted by Gasteiger charge is -2.33. The van der Waals surface area contributed by atoms with E-state index in [9.17, 15) is 14.0 Å². The highest BCUT2D eigenvalue weighted by Gasteiger charge is 2.27. The summed E-state index contributed by atoms with van der Waals surface area (Å²) >= 11 is 0. The zero-order valence-electron chi connectivity index (χ0n) is 21.2. The lowest BCUT2D eigenvalue weighted by Crippen LogP contribution is -2.39. The Balaban J connectivity index is 1.20. The molecule has 1 fully saturated rings. The Labute approximate surface area is 219 Å². The van der Waals surface area contributed by atoms with Crippen LogP contribution in [0.15, 0.2) is 54.4 Å². The number of hydrogen-bond acceptors (Lipinski definition) is 8. The summed E-state index contributed by atoms with van der Waals surface area (Å²) in [4.78, 5) is 31.1. The Hall–Kier alpha value is -4.34. The first-order valence-electron chi connectivity index (χ1n) is 12.5. The van der Waals surface area contributed by atoms with Gasteiger partial charge in [0, 0.05) is 37.7 Å². The normalized spacial score (nSPS) is 17.3. The number of hydrogen-bond donors (Lipinski definition) is 1. The van der Waals surface area contributed by atoms with Gasteiger partial charge in [-0.05, 0) is 54.3 Å². The molecule has 0 bridgehead atoms. The monoisotopic (exact) mass is 517 g/mol. The Kier molecular flexibility index (Phi) is 7.30. The van der Waals surface area contributed by atoms with Crippen LogP contribution in [0.3, 0.4) is 0 Å². The van der Waals surface area contributed by atoms with Gasteiger partial charge in [0.05, 0.1) is 19.2 Å². The third kappa shape index (κ3) is 5.34. The van der Waals surface area contributed by atoms with Gasteiger partial charge in [-0.15, -0.1) is 10.2 Å². The van der Waals surface area contributed by atoms with Gasteiger partial charge in [-0.25, -0.2) is 9.37 Å². The van der Waals surface area contributed by atoms with E-state index in [2.05, 4.69) is 25.4 Å². The van der Waals surface area contributed by atoms with E-state index in [-0.39, 0.29) is 17.6 Å². The molecule has 1 saturated heterocycles. The summed E-state index contributed by atoms with van der Waals surface area (Å²) in [5, 5.41) is 11.3. The molecule has 1 aliphatic heterocycles. The first-order valence-corrected chi connectivity index (χ1v) is 12.5. The van der Waals surface area contributed by atoms with E-state index in [4.69, 9.17) is 9.47 Å². The van der Waals surface area contributed by atoms with Crippen LogP contribution in [0.5, 0.6) is 11.6 Å². The topological polar surface area (TPSA) is 107 Å². The molecule has 0 spiro atoms. The van der Waals surface area contributed by atoms with Crippen LogP contribution in [0, 0.1) is 12.7 Å². The molecule has 1 N–H and O–H groups in total. The summed E-state index contributed by atoms with van der Waals surface area (Å²) in [6.45, 7) is 3.37. The Morgan fingerprint density at radius 2 is 1.97 bits per heavy atom. The van der Waals surface area contributed by atoms with Crippen molar-refractivity contribution in [3.8, 4) is 11.6 Å². The van der Waals surface area contributed by atoms with Crippen LogP contribution in [-0.2, 0) is 11.2 Å². The maximum absolute atomic E-state index is 13.6. The van der Waals surface area contributed by atoms with Crippen molar-refractivity contribution in [3.63, 3.8) is 0 Å². The number of fused-ring (bicyclic) bond motifs is 1. The average molecular weight is 518 g/mol. The van der Waals surface area contributed by atoms with E-state index in [0.29, 0.717) is 29.3 Å². The number of methoxy groups -OCH3 is 1. The number of halogens is 1. The van der Waals surface area contributed by atoms with Crippen LogP contribution in [0.4, 0.5) is 10.2 Å². The standard InChI is InChI=1S/C28H28FN5O4/c1-17-13-25(28(36)31-24-7-3-18-14-19(29)4-6-22(18)23(24)16-35)32-33-27(17)34-11-9-20(10-12-34)38-21-5-8-26(37-2)30-15-21/h4-8,13-16,20,23H,3,9-12H2,1-2H3,(H,31,36)/t23-/m0/s1. The molecule has 0 unspecified atom stereocenters. The van der Waals surface area contributed by atoms with Crippen molar-refractivity contribution in [3.05, 3.63) is 82.6 Å². The Bertz CT molecular complexity index is 1370. The fourth-order valence-corrected chi connectivity index (χ4v) is 4.88. The molecule has 0 radical (unpaired) electrons. The lowest BCUT2D eigenvalue weighted by atomic mass is 9.86. The largest absolute Gasteiger partial charge is 0.489 e. The number of pyridine rings is 1. The number of amides is 1. The van der Waals surface area contributed by atoms with Crippen molar-refractivity contribution in [1.82, 2.24) is 20.5 Å². The van der Waals surface area contributed by atoms with E-state index in [1.165, 1.54) is 12.1 Å². The van der Waals surface area contributed by atoms with Gasteiger partial charge in [-0.1, -0.05) is 12.1 Å². The van der Waals surface area contributed by atoms with Crippen LogP contribution in [0.1, 0.15) is 45.9 Å². The molecule has 1 aliphatic carbocycles. The number of nitrogens with zero attached hydrogens (tertiary/aromatic N) is 4. The van der Waals surface area contributed by atoms with Crippen molar-refractivity contribution < 1.29 is 23.5 Å². The number of carbonyl (C=O) groups is 2. The van der Waals surface area contributed by atoms with Gasteiger partial charge < -0.3 is 24.5 Å². The number of aldehydes is 1. The number of allylic oxidation sites excluding steroid dienone is 2. The molecule has 2 aromatic heterocycles. The van der Waals surface area contributed by atoms with Gasteiger partial charge in [0.2, 0.25) is 5.88 Å². The van der Waals surface area contributed by atoms with Gasteiger partial charge >= 0.3 is 0 Å². The van der Waals surface area contributed by atoms with Crippen molar-refractivity contribution in [2.24, 2.45) is 0 Å². The van der Waals surface area contributed by atoms with Crippen LogP contribution >= 0.6 is 0 Å². The summed E-state index contributed by atoms with van der Waals surface area (Å²) in [6.07, 6.45) is 6.25. The van der Waals surface area contributed by atoms with Crippen LogP contribution in [0.25, 0.3) is 0 Å². The third-order valence-corrected chi connectivity index (χ3v) is 6.86. The number of rotatable bonds is 7. The fraction of sp³-hybridized carbons (Fsp3) is 0.321. The highest BCUT2D eigenvalue weighted by Crippen LogP contribution is 2.31. The molecule has 3 aromatic rings. The maximum atomic E-state index is 13.6. The molecule has 3 heterocycles. The number of aromatic nitrogens is 3. The Morgan fingerprint density at radius 3 is 2.66 bits per heavy atom. The predicted molar refractivity (Wildman–Crippen MR) is 138 cm³/mol. The first kappa shape index (κ1) is 25.3. The molecular weight excluding hydrogens is 489 g/mol. The highest BCUT2D eigenvalue weighted by atomic mass is 19.1. The smallest absolute Gasteiger partial charge is 0.275 e. The maximum Gasteiger partial charge on any atom is 0.275 e. The molecule has 0 saturated carbocycles. The summed E-state index contributed by atoms with van der Waals surface area (Å²) < 4.78 is 24.7. The molecule has 5 rings (SSSR count). The van der Waals surface area contributed by atoms with E-state index in [0.717, 1.165) is 49.2 Å². The number of aryl methyl sites for hydroxylation is 1.